The monoisotopic (exact) mass is 172 g/mol. The van der Waals surface area contributed by atoms with Crippen LogP contribution in [0, 0.1) is 0 Å². The van der Waals surface area contributed by atoms with Gasteiger partial charge in [-0.15, -0.1) is 0 Å². The first kappa shape index (κ1) is 9.67. The Hall–Kier alpha value is -0.420. The van der Waals surface area contributed by atoms with Crippen LogP contribution in [0.2, 0.25) is 0 Å². The quantitative estimate of drug-likeness (QED) is 0.370. The van der Waals surface area contributed by atoms with Crippen molar-refractivity contribution in [1.29, 1.82) is 0 Å². The molecule has 4 nitrogen and oxygen atoms in total. The van der Waals surface area contributed by atoms with Crippen LogP contribution in [0.1, 0.15) is 0 Å². The predicted molar refractivity (Wildman–Crippen MR) is 46.8 cm³/mol. The number of ether oxygens (including phenoxy) is 1. The second-order valence-corrected chi connectivity index (χ2v) is 2.85. The minimum Gasteiger partial charge on any atom is -0.395 e. The fraction of sp³-hybridized carbons (Fsp3) is 0.750. The van der Waals surface area contributed by atoms with Gasteiger partial charge in [-0.25, -0.2) is 0 Å². The molecule has 1 aliphatic heterocycles. The molecular weight excluding hydrogens is 156 g/mol. The van der Waals surface area contributed by atoms with Crippen molar-refractivity contribution in [2.45, 2.75) is 12.1 Å². The van der Waals surface area contributed by atoms with Gasteiger partial charge in [-0.05, 0) is 0 Å². The van der Waals surface area contributed by atoms with E-state index in [2.05, 4.69) is 5.32 Å². The van der Waals surface area contributed by atoms with E-state index >= 15 is 0 Å². The lowest BCUT2D eigenvalue weighted by Gasteiger charge is -2.21. The molecule has 0 fully saturated rings. The number of hydrogen-bond acceptors (Lipinski definition) is 4. The number of rotatable bonds is 4. The van der Waals surface area contributed by atoms with E-state index in [9.17, 15) is 0 Å². The summed E-state index contributed by atoms with van der Waals surface area (Å²) in [5.41, 5.74) is 5.58. The van der Waals surface area contributed by atoms with Crippen molar-refractivity contribution in [2.24, 2.45) is 5.73 Å². The van der Waals surface area contributed by atoms with E-state index in [-0.39, 0.29) is 18.8 Å². The van der Waals surface area contributed by atoms with Gasteiger partial charge in [0.15, 0.2) is 0 Å². The normalized spacial score (nSPS) is 29.2. The van der Waals surface area contributed by atoms with Gasteiger partial charge in [0.25, 0.3) is 0 Å². The van der Waals surface area contributed by atoms with Crippen LogP contribution in [0.15, 0.2) is 12.2 Å². The average Bonchev–Trinajstić information content (AvgIpc) is 2.09. The highest BCUT2D eigenvalue weighted by Gasteiger charge is 2.11. The largest absolute Gasteiger partial charge is 0.395 e. The van der Waals surface area contributed by atoms with Crippen molar-refractivity contribution in [2.75, 3.05) is 26.3 Å². The van der Waals surface area contributed by atoms with Crippen molar-refractivity contribution < 1.29 is 9.84 Å². The Balaban J connectivity index is 2.13. The van der Waals surface area contributed by atoms with Crippen molar-refractivity contribution in [1.82, 2.24) is 5.32 Å². The lowest BCUT2D eigenvalue weighted by molar-refractivity contribution is 0.0707. The summed E-state index contributed by atoms with van der Waals surface area (Å²) in [5.74, 6) is 0. The van der Waals surface area contributed by atoms with E-state index in [1.165, 1.54) is 0 Å². The molecule has 0 aromatic rings. The van der Waals surface area contributed by atoms with E-state index in [1.807, 2.05) is 12.2 Å². The zero-order chi connectivity index (χ0) is 8.81. The lowest BCUT2D eigenvalue weighted by atomic mass is 10.2. The summed E-state index contributed by atoms with van der Waals surface area (Å²) in [6.07, 6.45) is 4.02. The first-order valence-electron chi connectivity index (χ1n) is 4.20. The third-order valence-electron chi connectivity index (χ3n) is 1.71. The maximum Gasteiger partial charge on any atom is 0.0881 e. The van der Waals surface area contributed by atoms with E-state index in [0.717, 1.165) is 6.54 Å². The predicted octanol–water partition coefficient (Wildman–Crippen LogP) is -1.15. The molecule has 70 valence electrons. The molecule has 0 saturated heterocycles. The van der Waals surface area contributed by atoms with Gasteiger partial charge in [-0.2, -0.15) is 0 Å². The Bertz CT molecular complexity index is 150. The highest BCUT2D eigenvalue weighted by molar-refractivity contribution is 5.00. The summed E-state index contributed by atoms with van der Waals surface area (Å²) in [4.78, 5) is 0. The first-order chi connectivity index (χ1) is 5.83. The van der Waals surface area contributed by atoms with Gasteiger partial charge in [-0.3, -0.25) is 0 Å². The van der Waals surface area contributed by atoms with Crippen LogP contribution in [0.4, 0.5) is 0 Å². The van der Waals surface area contributed by atoms with E-state index in [1.54, 1.807) is 0 Å². The second kappa shape index (κ2) is 5.27. The maximum absolute atomic E-state index is 8.50. The Labute approximate surface area is 72.4 Å². The van der Waals surface area contributed by atoms with Crippen molar-refractivity contribution in [3.63, 3.8) is 0 Å². The van der Waals surface area contributed by atoms with Crippen LogP contribution in [0.25, 0.3) is 0 Å². The molecule has 12 heavy (non-hydrogen) atoms. The molecule has 0 radical (unpaired) electrons. The summed E-state index contributed by atoms with van der Waals surface area (Å²) in [6, 6.07) is 0.0408. The second-order valence-electron chi connectivity index (χ2n) is 2.85. The van der Waals surface area contributed by atoms with Crippen LogP contribution in [0.5, 0.6) is 0 Å². The van der Waals surface area contributed by atoms with Crippen LogP contribution in [-0.2, 0) is 4.74 Å². The van der Waals surface area contributed by atoms with Crippen molar-refractivity contribution in [3.8, 4) is 0 Å². The number of aliphatic hydroxyl groups is 1. The molecule has 2 unspecified atom stereocenters. The van der Waals surface area contributed by atoms with Crippen molar-refractivity contribution >= 4 is 0 Å². The van der Waals surface area contributed by atoms with Gasteiger partial charge in [-0.1, -0.05) is 12.2 Å². The third kappa shape index (κ3) is 3.32. The first-order valence-corrected chi connectivity index (χ1v) is 4.20. The molecule has 4 N–H and O–H groups in total. The summed E-state index contributed by atoms with van der Waals surface area (Å²) in [6.45, 7) is 2.10. The van der Waals surface area contributed by atoms with E-state index in [0.29, 0.717) is 13.2 Å². The van der Waals surface area contributed by atoms with Crippen LogP contribution in [0.3, 0.4) is 0 Å². The van der Waals surface area contributed by atoms with Gasteiger partial charge in [0, 0.05) is 19.1 Å². The molecule has 0 bridgehead atoms. The summed E-state index contributed by atoms with van der Waals surface area (Å²) in [5, 5.41) is 11.5. The molecule has 1 heterocycles. The molecule has 0 spiro atoms. The van der Waals surface area contributed by atoms with Gasteiger partial charge >= 0.3 is 0 Å². The zero-order valence-electron chi connectivity index (χ0n) is 7.07. The standard InChI is InChI=1S/C8H16N2O2/c9-7-1-2-8(12-6-7)5-10-3-4-11/h1-2,7-8,10-11H,3-6,9H2. The van der Waals surface area contributed by atoms with E-state index < -0.39 is 0 Å². The highest BCUT2D eigenvalue weighted by atomic mass is 16.5. The number of hydrogen-bond donors (Lipinski definition) is 3. The Morgan fingerprint density at radius 3 is 3.00 bits per heavy atom. The fourth-order valence-electron chi connectivity index (χ4n) is 1.06. The van der Waals surface area contributed by atoms with Gasteiger partial charge in [0.2, 0.25) is 0 Å². The summed E-state index contributed by atoms with van der Waals surface area (Å²) >= 11 is 0. The van der Waals surface area contributed by atoms with Crippen LogP contribution in [-0.4, -0.2) is 43.6 Å². The summed E-state index contributed by atoms with van der Waals surface area (Å²) in [7, 11) is 0. The summed E-state index contributed by atoms with van der Waals surface area (Å²) < 4.78 is 5.38. The average molecular weight is 172 g/mol. The Kier molecular flexibility index (Phi) is 4.24. The number of aliphatic hydroxyl groups excluding tert-OH is 1. The Morgan fingerprint density at radius 1 is 1.58 bits per heavy atom. The molecule has 4 heteroatoms. The Morgan fingerprint density at radius 2 is 2.42 bits per heavy atom. The smallest absolute Gasteiger partial charge is 0.0881 e. The van der Waals surface area contributed by atoms with Gasteiger partial charge in [0.05, 0.1) is 19.3 Å². The molecule has 0 saturated carbocycles. The lowest BCUT2D eigenvalue weighted by Crippen LogP contribution is -2.37. The number of nitrogens with two attached hydrogens (primary N) is 1. The highest BCUT2D eigenvalue weighted by Crippen LogP contribution is 2.02. The molecule has 0 aliphatic carbocycles. The molecule has 1 rings (SSSR count). The van der Waals surface area contributed by atoms with Gasteiger partial charge in [0.1, 0.15) is 0 Å². The zero-order valence-corrected chi connectivity index (χ0v) is 7.07. The topological polar surface area (TPSA) is 67.5 Å². The third-order valence-corrected chi connectivity index (χ3v) is 1.71. The molecule has 0 amide bonds. The van der Waals surface area contributed by atoms with Crippen LogP contribution >= 0.6 is 0 Å². The fourth-order valence-corrected chi connectivity index (χ4v) is 1.06. The minimum atomic E-state index is 0.0408. The number of nitrogens with one attached hydrogen (secondary N) is 1. The molecule has 0 aromatic carbocycles. The molecular formula is C8H16N2O2. The molecule has 0 aromatic heterocycles. The van der Waals surface area contributed by atoms with Crippen LogP contribution < -0.4 is 11.1 Å². The maximum atomic E-state index is 8.50. The SMILES string of the molecule is NC1C=CC(CNCCO)OC1. The minimum absolute atomic E-state index is 0.0408. The van der Waals surface area contributed by atoms with Crippen molar-refractivity contribution in [3.05, 3.63) is 12.2 Å². The molecule has 2 atom stereocenters. The molecule has 1 aliphatic rings. The van der Waals surface area contributed by atoms with E-state index in [4.69, 9.17) is 15.6 Å². The van der Waals surface area contributed by atoms with Gasteiger partial charge < -0.3 is 20.9 Å².